The molecule has 29 heavy (non-hydrogen) atoms. The molecule has 0 spiro atoms. The van der Waals surface area contributed by atoms with E-state index in [1.165, 1.54) is 0 Å². The molecule has 1 aliphatic heterocycles. The Morgan fingerprint density at radius 1 is 1.10 bits per heavy atom. The van der Waals surface area contributed by atoms with Gasteiger partial charge in [-0.1, -0.05) is 0 Å². The van der Waals surface area contributed by atoms with Crippen LogP contribution in [0.1, 0.15) is 40.6 Å². The summed E-state index contributed by atoms with van der Waals surface area (Å²) < 4.78 is 29.0. The van der Waals surface area contributed by atoms with Crippen LogP contribution in [0.15, 0.2) is 36.8 Å². The first-order valence-electron chi connectivity index (χ1n) is 9.49. The number of carbonyl (C=O) groups is 1. The second-order valence-electron chi connectivity index (χ2n) is 7.29. The summed E-state index contributed by atoms with van der Waals surface area (Å²) in [4.78, 5) is 27.9. The Bertz CT molecular complexity index is 1040. The van der Waals surface area contributed by atoms with Crippen molar-refractivity contribution >= 4 is 5.91 Å². The van der Waals surface area contributed by atoms with Gasteiger partial charge in [-0.15, -0.1) is 0 Å². The number of hydrogen-bond acceptors (Lipinski definition) is 4. The van der Waals surface area contributed by atoms with E-state index in [1.807, 2.05) is 18.5 Å². The Morgan fingerprint density at radius 2 is 1.83 bits per heavy atom. The molecule has 8 heteroatoms. The maximum Gasteiger partial charge on any atom is 0.254 e. The van der Waals surface area contributed by atoms with Crippen molar-refractivity contribution in [2.24, 2.45) is 7.05 Å². The van der Waals surface area contributed by atoms with E-state index in [4.69, 9.17) is 0 Å². The van der Waals surface area contributed by atoms with Gasteiger partial charge in [0.05, 0.1) is 17.6 Å². The lowest BCUT2D eigenvalue weighted by atomic mass is 9.92. The third-order valence-corrected chi connectivity index (χ3v) is 5.39. The molecular formula is C21H21F2N5O. The van der Waals surface area contributed by atoms with Crippen LogP contribution in [0.5, 0.6) is 0 Å². The molecule has 2 aromatic heterocycles. The van der Waals surface area contributed by atoms with Crippen molar-refractivity contribution in [2.45, 2.75) is 25.7 Å². The fourth-order valence-electron chi connectivity index (χ4n) is 3.81. The summed E-state index contributed by atoms with van der Waals surface area (Å²) >= 11 is 0. The van der Waals surface area contributed by atoms with Crippen LogP contribution < -0.4 is 0 Å². The third kappa shape index (κ3) is 3.74. The SMILES string of the molecule is Cc1ncc(-c2nccnc2C2CCCN(C(=O)c3cc(F)cc(F)c3)C2)n1C. The summed E-state index contributed by atoms with van der Waals surface area (Å²) in [6, 6.07) is 2.90. The van der Waals surface area contributed by atoms with Crippen molar-refractivity contribution in [1.82, 2.24) is 24.4 Å². The average molecular weight is 397 g/mol. The monoisotopic (exact) mass is 397 g/mol. The second kappa shape index (κ2) is 7.69. The van der Waals surface area contributed by atoms with E-state index in [1.54, 1.807) is 23.5 Å². The van der Waals surface area contributed by atoms with E-state index in [9.17, 15) is 13.6 Å². The highest BCUT2D eigenvalue weighted by atomic mass is 19.1. The van der Waals surface area contributed by atoms with Crippen LogP contribution in [0.3, 0.4) is 0 Å². The van der Waals surface area contributed by atoms with Gasteiger partial charge in [0.25, 0.3) is 5.91 Å². The highest BCUT2D eigenvalue weighted by Crippen LogP contribution is 2.32. The fraction of sp³-hybridized carbons (Fsp3) is 0.333. The number of amides is 1. The molecule has 4 rings (SSSR count). The van der Waals surface area contributed by atoms with Crippen molar-refractivity contribution in [2.75, 3.05) is 13.1 Å². The van der Waals surface area contributed by atoms with Gasteiger partial charge in [-0.3, -0.25) is 14.8 Å². The number of likely N-dealkylation sites (tertiary alicyclic amines) is 1. The number of hydrogen-bond donors (Lipinski definition) is 0. The van der Waals surface area contributed by atoms with E-state index in [0.29, 0.717) is 13.1 Å². The molecule has 0 bridgehead atoms. The Balaban J connectivity index is 1.63. The molecule has 3 heterocycles. The third-order valence-electron chi connectivity index (χ3n) is 5.39. The lowest BCUT2D eigenvalue weighted by Crippen LogP contribution is -2.39. The lowest BCUT2D eigenvalue weighted by molar-refractivity contribution is 0.0705. The molecule has 0 N–H and O–H groups in total. The summed E-state index contributed by atoms with van der Waals surface area (Å²) in [5, 5.41) is 0. The van der Waals surface area contributed by atoms with Crippen LogP contribution in [-0.4, -0.2) is 43.4 Å². The Morgan fingerprint density at radius 3 is 2.52 bits per heavy atom. The minimum Gasteiger partial charge on any atom is -0.338 e. The first-order valence-corrected chi connectivity index (χ1v) is 9.49. The number of halogens is 2. The summed E-state index contributed by atoms with van der Waals surface area (Å²) in [5.41, 5.74) is 2.43. The maximum atomic E-state index is 13.5. The Hall–Kier alpha value is -3.16. The zero-order chi connectivity index (χ0) is 20.5. The summed E-state index contributed by atoms with van der Waals surface area (Å²) in [6.07, 6.45) is 6.68. The van der Waals surface area contributed by atoms with E-state index < -0.39 is 11.6 Å². The number of aromatic nitrogens is 4. The van der Waals surface area contributed by atoms with Crippen molar-refractivity contribution < 1.29 is 13.6 Å². The average Bonchev–Trinajstić information content (AvgIpc) is 3.05. The molecule has 1 fully saturated rings. The van der Waals surface area contributed by atoms with Gasteiger partial charge in [0.2, 0.25) is 0 Å². The number of benzene rings is 1. The Kier molecular flexibility index (Phi) is 5.08. The van der Waals surface area contributed by atoms with Gasteiger partial charge in [-0.25, -0.2) is 13.8 Å². The number of rotatable bonds is 3. The molecule has 1 aromatic carbocycles. The highest BCUT2D eigenvalue weighted by Gasteiger charge is 2.29. The predicted molar refractivity (Wildman–Crippen MR) is 103 cm³/mol. The Labute approximate surface area is 167 Å². The number of carbonyl (C=O) groups excluding carboxylic acids is 1. The van der Waals surface area contributed by atoms with Gasteiger partial charge >= 0.3 is 0 Å². The quantitative estimate of drug-likeness (QED) is 0.679. The molecule has 0 aliphatic carbocycles. The molecule has 6 nitrogen and oxygen atoms in total. The van der Waals surface area contributed by atoms with E-state index >= 15 is 0 Å². The molecule has 1 aliphatic rings. The molecule has 0 saturated carbocycles. The van der Waals surface area contributed by atoms with Gasteiger partial charge in [-0.05, 0) is 31.9 Å². The summed E-state index contributed by atoms with van der Waals surface area (Å²) in [6.45, 7) is 2.87. The number of nitrogens with zero attached hydrogens (tertiary/aromatic N) is 5. The molecule has 1 atom stereocenters. The van der Waals surface area contributed by atoms with Crippen molar-refractivity contribution in [1.29, 1.82) is 0 Å². The fourth-order valence-corrected chi connectivity index (χ4v) is 3.81. The van der Waals surface area contributed by atoms with Crippen LogP contribution in [0.25, 0.3) is 11.4 Å². The van der Waals surface area contributed by atoms with Gasteiger partial charge in [0.15, 0.2) is 0 Å². The molecule has 1 saturated heterocycles. The molecule has 1 amide bonds. The smallest absolute Gasteiger partial charge is 0.254 e. The number of piperidine rings is 1. The van der Waals surface area contributed by atoms with Gasteiger partial charge in [-0.2, -0.15) is 0 Å². The number of aryl methyl sites for hydroxylation is 1. The molecular weight excluding hydrogens is 376 g/mol. The van der Waals surface area contributed by atoms with Gasteiger partial charge < -0.3 is 9.47 Å². The first-order chi connectivity index (χ1) is 13.9. The molecule has 150 valence electrons. The maximum absolute atomic E-state index is 13.5. The van der Waals surface area contributed by atoms with Crippen molar-refractivity contribution in [3.8, 4) is 11.4 Å². The summed E-state index contributed by atoms with van der Waals surface area (Å²) in [5.74, 6) is -1.06. The number of imidazole rings is 1. The molecule has 1 unspecified atom stereocenters. The van der Waals surface area contributed by atoms with Gasteiger partial charge in [0, 0.05) is 50.1 Å². The normalized spacial score (nSPS) is 16.8. The minimum absolute atomic E-state index is 0.0183. The van der Waals surface area contributed by atoms with Crippen molar-refractivity contribution in [3.05, 3.63) is 65.5 Å². The van der Waals surface area contributed by atoms with E-state index in [-0.39, 0.29) is 17.4 Å². The first kappa shape index (κ1) is 19.2. The summed E-state index contributed by atoms with van der Waals surface area (Å²) in [7, 11) is 1.92. The zero-order valence-electron chi connectivity index (χ0n) is 16.3. The van der Waals surface area contributed by atoms with Crippen LogP contribution in [0.2, 0.25) is 0 Å². The zero-order valence-corrected chi connectivity index (χ0v) is 16.3. The lowest BCUT2D eigenvalue weighted by Gasteiger charge is -2.33. The topological polar surface area (TPSA) is 63.9 Å². The minimum atomic E-state index is -0.760. The van der Waals surface area contributed by atoms with Crippen LogP contribution in [0, 0.1) is 18.6 Å². The molecule has 0 radical (unpaired) electrons. The highest BCUT2D eigenvalue weighted by molar-refractivity contribution is 5.94. The van der Waals surface area contributed by atoms with Crippen molar-refractivity contribution in [3.63, 3.8) is 0 Å². The van der Waals surface area contributed by atoms with Crippen LogP contribution in [-0.2, 0) is 7.05 Å². The second-order valence-corrected chi connectivity index (χ2v) is 7.29. The molecule has 3 aromatic rings. The van der Waals surface area contributed by atoms with E-state index in [2.05, 4.69) is 15.0 Å². The van der Waals surface area contributed by atoms with Crippen LogP contribution >= 0.6 is 0 Å². The van der Waals surface area contributed by atoms with Gasteiger partial charge in [0.1, 0.15) is 23.2 Å². The largest absolute Gasteiger partial charge is 0.338 e. The predicted octanol–water partition coefficient (Wildman–Crippen LogP) is 3.48. The standard InChI is InChI=1S/C21H21F2N5O/c1-13-26-11-18(27(13)2)20-19(24-5-6-25-20)14-4-3-7-28(12-14)21(29)15-8-16(22)10-17(23)9-15/h5-6,8-11,14H,3-4,7,12H2,1-2H3. The van der Waals surface area contributed by atoms with Crippen LogP contribution in [0.4, 0.5) is 8.78 Å². The van der Waals surface area contributed by atoms with E-state index in [0.717, 1.165) is 53.9 Å².